The molecule has 0 N–H and O–H groups in total. The fourth-order valence-corrected chi connectivity index (χ4v) is 1.97. The van der Waals surface area contributed by atoms with Gasteiger partial charge >= 0.3 is 6.09 Å². The molecule has 0 aliphatic rings. The van der Waals surface area contributed by atoms with Gasteiger partial charge in [-0.1, -0.05) is 6.92 Å². The Labute approximate surface area is 107 Å². The second kappa shape index (κ2) is 5.49. The molecule has 0 fully saturated rings. The Morgan fingerprint density at radius 1 is 1.53 bits per heavy atom. The standard InChI is InChI=1S/C12H20N2O2S/c1-6-10-13-9(8-17-10)7-14(5)11(15)16-12(2,3)4/h8H,6-7H2,1-5H3. The first-order valence-corrected chi connectivity index (χ1v) is 6.57. The van der Waals surface area contributed by atoms with Gasteiger partial charge in [-0.15, -0.1) is 11.3 Å². The van der Waals surface area contributed by atoms with E-state index in [1.807, 2.05) is 26.2 Å². The van der Waals surface area contributed by atoms with Crippen molar-refractivity contribution in [3.63, 3.8) is 0 Å². The van der Waals surface area contributed by atoms with E-state index in [4.69, 9.17) is 4.74 Å². The molecule has 17 heavy (non-hydrogen) atoms. The third kappa shape index (κ3) is 4.73. The number of hydrogen-bond acceptors (Lipinski definition) is 4. The first-order chi connectivity index (χ1) is 7.81. The molecule has 0 saturated carbocycles. The van der Waals surface area contributed by atoms with Crippen molar-refractivity contribution in [2.24, 2.45) is 0 Å². The van der Waals surface area contributed by atoms with Crippen LogP contribution >= 0.6 is 11.3 Å². The highest BCUT2D eigenvalue weighted by atomic mass is 32.1. The lowest BCUT2D eigenvalue weighted by Crippen LogP contribution is -2.33. The molecule has 5 heteroatoms. The predicted octanol–water partition coefficient (Wildman–Crippen LogP) is 3.07. The number of ether oxygens (including phenoxy) is 1. The van der Waals surface area contributed by atoms with Gasteiger partial charge in [0.25, 0.3) is 0 Å². The molecule has 0 radical (unpaired) electrons. The van der Waals surface area contributed by atoms with Crippen LogP contribution in [0.4, 0.5) is 4.79 Å². The van der Waals surface area contributed by atoms with Crippen LogP contribution in [0.2, 0.25) is 0 Å². The van der Waals surface area contributed by atoms with Crippen molar-refractivity contribution in [3.05, 3.63) is 16.1 Å². The number of carbonyl (C=O) groups is 1. The summed E-state index contributed by atoms with van der Waals surface area (Å²) < 4.78 is 5.27. The van der Waals surface area contributed by atoms with Crippen molar-refractivity contribution >= 4 is 17.4 Å². The van der Waals surface area contributed by atoms with Gasteiger partial charge in [-0.3, -0.25) is 0 Å². The first-order valence-electron chi connectivity index (χ1n) is 5.69. The van der Waals surface area contributed by atoms with E-state index in [1.165, 1.54) is 0 Å². The summed E-state index contributed by atoms with van der Waals surface area (Å²) in [5, 5.41) is 3.08. The summed E-state index contributed by atoms with van der Waals surface area (Å²) in [6.07, 6.45) is 0.615. The summed E-state index contributed by atoms with van der Waals surface area (Å²) in [6, 6.07) is 0. The molecule has 0 aromatic carbocycles. The van der Waals surface area contributed by atoms with E-state index >= 15 is 0 Å². The first kappa shape index (κ1) is 14.0. The van der Waals surface area contributed by atoms with Crippen LogP contribution in [0.3, 0.4) is 0 Å². The number of nitrogens with zero attached hydrogens (tertiary/aromatic N) is 2. The van der Waals surface area contributed by atoms with Gasteiger partial charge in [-0.2, -0.15) is 0 Å². The Morgan fingerprint density at radius 3 is 2.65 bits per heavy atom. The van der Waals surface area contributed by atoms with Gasteiger partial charge in [0.05, 0.1) is 17.2 Å². The highest BCUT2D eigenvalue weighted by molar-refractivity contribution is 7.09. The minimum atomic E-state index is -0.456. The van der Waals surface area contributed by atoms with Crippen molar-refractivity contribution in [1.82, 2.24) is 9.88 Å². The number of aryl methyl sites for hydroxylation is 1. The molecule has 0 unspecified atom stereocenters. The number of amides is 1. The maximum Gasteiger partial charge on any atom is 0.410 e. The molecule has 0 aliphatic heterocycles. The lowest BCUT2D eigenvalue weighted by atomic mass is 10.2. The zero-order chi connectivity index (χ0) is 13.1. The zero-order valence-corrected chi connectivity index (χ0v) is 11.9. The maximum atomic E-state index is 11.7. The molecular formula is C12H20N2O2S. The van der Waals surface area contributed by atoms with E-state index < -0.39 is 5.60 Å². The summed E-state index contributed by atoms with van der Waals surface area (Å²) >= 11 is 1.63. The van der Waals surface area contributed by atoms with Crippen LogP contribution in [0.25, 0.3) is 0 Å². The molecule has 0 spiro atoms. The molecule has 4 nitrogen and oxygen atoms in total. The predicted molar refractivity (Wildman–Crippen MR) is 69.2 cm³/mol. The van der Waals surface area contributed by atoms with E-state index in [-0.39, 0.29) is 6.09 Å². The highest BCUT2D eigenvalue weighted by Crippen LogP contribution is 2.14. The summed E-state index contributed by atoms with van der Waals surface area (Å²) in [4.78, 5) is 17.7. The van der Waals surface area contributed by atoms with Crippen molar-refractivity contribution in [2.75, 3.05) is 7.05 Å². The average Bonchev–Trinajstić information content (AvgIpc) is 2.62. The van der Waals surface area contributed by atoms with Crippen molar-refractivity contribution in [2.45, 2.75) is 46.3 Å². The summed E-state index contributed by atoms with van der Waals surface area (Å²) in [6.45, 7) is 8.13. The Hall–Kier alpha value is -1.10. The number of carbonyl (C=O) groups excluding carboxylic acids is 1. The quantitative estimate of drug-likeness (QED) is 0.834. The van der Waals surface area contributed by atoms with Crippen LogP contribution in [0, 0.1) is 0 Å². The van der Waals surface area contributed by atoms with Crippen LogP contribution < -0.4 is 0 Å². The molecule has 1 aromatic heterocycles. The number of thiazole rings is 1. The molecule has 0 bridgehead atoms. The summed E-state index contributed by atoms with van der Waals surface area (Å²) in [5.41, 5.74) is 0.461. The van der Waals surface area contributed by atoms with Gasteiger partial charge < -0.3 is 9.64 Å². The van der Waals surface area contributed by atoms with E-state index in [2.05, 4.69) is 11.9 Å². The van der Waals surface area contributed by atoms with Crippen LogP contribution in [-0.4, -0.2) is 28.6 Å². The zero-order valence-electron chi connectivity index (χ0n) is 11.1. The maximum absolute atomic E-state index is 11.7. The lowest BCUT2D eigenvalue weighted by Gasteiger charge is -2.24. The van der Waals surface area contributed by atoms with Gasteiger partial charge in [0, 0.05) is 12.4 Å². The number of hydrogen-bond donors (Lipinski definition) is 0. The summed E-state index contributed by atoms with van der Waals surface area (Å²) in [7, 11) is 1.72. The van der Waals surface area contributed by atoms with Crippen molar-refractivity contribution < 1.29 is 9.53 Å². The topological polar surface area (TPSA) is 42.4 Å². The van der Waals surface area contributed by atoms with Gasteiger partial charge in [0.15, 0.2) is 0 Å². The normalized spacial score (nSPS) is 11.4. The van der Waals surface area contributed by atoms with Crippen molar-refractivity contribution in [3.8, 4) is 0 Å². The molecule has 96 valence electrons. The third-order valence-corrected chi connectivity index (χ3v) is 3.05. The minimum Gasteiger partial charge on any atom is -0.444 e. The molecule has 1 heterocycles. The van der Waals surface area contributed by atoms with Gasteiger partial charge in [-0.05, 0) is 27.2 Å². The van der Waals surface area contributed by atoms with Gasteiger partial charge in [0.1, 0.15) is 5.60 Å². The molecule has 0 atom stereocenters. The number of aromatic nitrogens is 1. The second-order valence-corrected chi connectivity index (χ2v) is 5.87. The monoisotopic (exact) mass is 256 g/mol. The van der Waals surface area contributed by atoms with Gasteiger partial charge in [-0.25, -0.2) is 9.78 Å². The number of rotatable bonds is 3. The van der Waals surface area contributed by atoms with Crippen LogP contribution in [-0.2, 0) is 17.7 Å². The Balaban J connectivity index is 2.54. The molecule has 1 aromatic rings. The van der Waals surface area contributed by atoms with E-state index in [0.29, 0.717) is 6.54 Å². The molecule has 1 amide bonds. The third-order valence-electron chi connectivity index (χ3n) is 2.01. The smallest absolute Gasteiger partial charge is 0.410 e. The Bertz CT molecular complexity index is 382. The largest absolute Gasteiger partial charge is 0.444 e. The average molecular weight is 256 g/mol. The fraction of sp³-hybridized carbons (Fsp3) is 0.667. The second-order valence-electron chi connectivity index (χ2n) is 4.92. The molecule has 1 rings (SSSR count). The highest BCUT2D eigenvalue weighted by Gasteiger charge is 2.20. The SMILES string of the molecule is CCc1nc(CN(C)C(=O)OC(C)(C)C)cs1. The van der Waals surface area contributed by atoms with E-state index in [1.54, 1.807) is 23.3 Å². The van der Waals surface area contributed by atoms with Gasteiger partial charge in [0.2, 0.25) is 0 Å². The minimum absolute atomic E-state index is 0.316. The molecule has 0 saturated heterocycles. The van der Waals surface area contributed by atoms with Crippen LogP contribution in [0.1, 0.15) is 38.4 Å². The Kier molecular flexibility index (Phi) is 4.51. The Morgan fingerprint density at radius 2 is 2.18 bits per heavy atom. The van der Waals surface area contributed by atoms with Crippen LogP contribution in [0.5, 0.6) is 0 Å². The molecule has 0 aliphatic carbocycles. The fourth-order valence-electron chi connectivity index (χ4n) is 1.23. The summed E-state index contributed by atoms with van der Waals surface area (Å²) in [5.74, 6) is 0. The molecular weight excluding hydrogens is 236 g/mol. The van der Waals surface area contributed by atoms with Crippen molar-refractivity contribution in [1.29, 1.82) is 0 Å². The lowest BCUT2D eigenvalue weighted by molar-refractivity contribution is 0.0283. The van der Waals surface area contributed by atoms with E-state index in [0.717, 1.165) is 17.1 Å². The van der Waals surface area contributed by atoms with E-state index in [9.17, 15) is 4.79 Å². The van der Waals surface area contributed by atoms with Crippen LogP contribution in [0.15, 0.2) is 5.38 Å².